The first kappa shape index (κ1) is 25.3. The van der Waals surface area contributed by atoms with Crippen molar-refractivity contribution in [1.29, 1.82) is 0 Å². The van der Waals surface area contributed by atoms with Crippen LogP contribution in [0.25, 0.3) is 0 Å². The zero-order valence-corrected chi connectivity index (χ0v) is 21.4. The molecular formula is C27H29Cl2N3O3. The highest BCUT2D eigenvalue weighted by molar-refractivity contribution is 6.35. The number of esters is 1. The number of pyridine rings is 1. The number of halogens is 2. The van der Waals surface area contributed by atoms with Crippen molar-refractivity contribution in [1.82, 2.24) is 9.88 Å². The summed E-state index contributed by atoms with van der Waals surface area (Å²) >= 11 is 12.2. The third-order valence-electron chi connectivity index (χ3n) is 5.76. The number of anilines is 1. The molecule has 3 aromatic rings. The summed E-state index contributed by atoms with van der Waals surface area (Å²) in [5.41, 5.74) is 2.63. The van der Waals surface area contributed by atoms with Gasteiger partial charge in [-0.2, -0.15) is 0 Å². The predicted molar refractivity (Wildman–Crippen MR) is 140 cm³/mol. The zero-order chi connectivity index (χ0) is 24.8. The summed E-state index contributed by atoms with van der Waals surface area (Å²) < 4.78 is 11.3. The van der Waals surface area contributed by atoms with E-state index in [4.69, 9.17) is 32.7 Å². The first-order valence-corrected chi connectivity index (χ1v) is 12.4. The number of aromatic nitrogens is 1. The average Bonchev–Trinajstić information content (AvgIpc) is 2.84. The van der Waals surface area contributed by atoms with E-state index in [2.05, 4.69) is 26.9 Å². The summed E-state index contributed by atoms with van der Waals surface area (Å²) in [5, 5.41) is 1.21. The molecule has 0 bridgehead atoms. The molecule has 2 aromatic carbocycles. The number of hydrogen-bond donors (Lipinski definition) is 0. The van der Waals surface area contributed by atoms with Crippen LogP contribution in [-0.4, -0.2) is 48.1 Å². The number of rotatable bonds is 8. The molecule has 0 saturated carbocycles. The molecule has 0 amide bonds. The summed E-state index contributed by atoms with van der Waals surface area (Å²) in [6.45, 7) is 8.27. The second kappa shape index (κ2) is 11.8. The van der Waals surface area contributed by atoms with E-state index in [1.54, 1.807) is 30.5 Å². The van der Waals surface area contributed by atoms with Crippen molar-refractivity contribution < 1.29 is 14.3 Å². The van der Waals surface area contributed by atoms with Crippen molar-refractivity contribution in [3.8, 4) is 5.75 Å². The van der Waals surface area contributed by atoms with E-state index in [1.807, 2.05) is 32.0 Å². The Morgan fingerprint density at radius 1 is 1.03 bits per heavy atom. The van der Waals surface area contributed by atoms with Crippen molar-refractivity contribution in [2.45, 2.75) is 33.1 Å². The van der Waals surface area contributed by atoms with Gasteiger partial charge in [-0.3, -0.25) is 4.90 Å². The van der Waals surface area contributed by atoms with Gasteiger partial charge in [-0.25, -0.2) is 9.78 Å². The molecule has 0 N–H and O–H groups in total. The maximum absolute atomic E-state index is 12.5. The van der Waals surface area contributed by atoms with Crippen molar-refractivity contribution in [3.63, 3.8) is 0 Å². The Bertz CT molecular complexity index is 1150. The minimum atomic E-state index is -0.328. The van der Waals surface area contributed by atoms with Crippen LogP contribution in [0.4, 0.5) is 5.82 Å². The molecule has 4 rings (SSSR count). The van der Waals surface area contributed by atoms with Crippen LogP contribution >= 0.6 is 23.2 Å². The first-order chi connectivity index (χ1) is 16.9. The van der Waals surface area contributed by atoms with Gasteiger partial charge in [0.25, 0.3) is 0 Å². The van der Waals surface area contributed by atoms with Gasteiger partial charge >= 0.3 is 5.97 Å². The lowest BCUT2D eigenvalue weighted by molar-refractivity contribution is 0.0378. The SMILES string of the molecule is CC(C)OC(=O)c1cccnc1N1CCN(Cc2ccc(OCc3ccc(Cl)cc3Cl)cc2)CC1. The van der Waals surface area contributed by atoms with Crippen molar-refractivity contribution >= 4 is 35.0 Å². The third kappa shape index (κ3) is 6.88. The number of benzene rings is 2. The van der Waals surface area contributed by atoms with E-state index in [1.165, 1.54) is 5.56 Å². The average molecular weight is 514 g/mol. The molecule has 6 nitrogen and oxygen atoms in total. The Labute approximate surface area is 216 Å². The number of carbonyl (C=O) groups is 1. The van der Waals surface area contributed by atoms with Crippen LogP contribution < -0.4 is 9.64 Å². The van der Waals surface area contributed by atoms with Crippen LogP contribution in [0.2, 0.25) is 10.0 Å². The summed E-state index contributed by atoms with van der Waals surface area (Å²) in [6.07, 6.45) is 1.55. The maximum Gasteiger partial charge on any atom is 0.342 e. The van der Waals surface area contributed by atoms with Crippen molar-refractivity contribution in [2.75, 3.05) is 31.1 Å². The molecule has 184 valence electrons. The minimum absolute atomic E-state index is 0.167. The summed E-state index contributed by atoms with van der Waals surface area (Å²) in [7, 11) is 0. The topological polar surface area (TPSA) is 54.9 Å². The van der Waals surface area contributed by atoms with E-state index in [0.717, 1.165) is 44.0 Å². The highest BCUT2D eigenvalue weighted by Crippen LogP contribution is 2.24. The molecule has 1 aromatic heterocycles. The van der Waals surface area contributed by atoms with Gasteiger partial charge in [0.2, 0.25) is 0 Å². The van der Waals surface area contributed by atoms with Crippen molar-refractivity contribution in [2.24, 2.45) is 0 Å². The zero-order valence-electron chi connectivity index (χ0n) is 19.9. The van der Waals surface area contributed by atoms with Gasteiger partial charge in [-0.05, 0) is 55.8 Å². The number of carbonyl (C=O) groups excluding carboxylic acids is 1. The largest absolute Gasteiger partial charge is 0.489 e. The molecule has 2 heterocycles. The standard InChI is InChI=1S/C27H29Cl2N3O3/c1-19(2)35-27(33)24-4-3-11-30-26(24)32-14-12-31(13-15-32)17-20-5-9-23(10-6-20)34-18-21-7-8-22(28)16-25(21)29/h3-11,16,19H,12-15,17-18H2,1-2H3. The number of hydrogen-bond acceptors (Lipinski definition) is 6. The number of piperazine rings is 1. The van der Waals surface area contributed by atoms with Crippen molar-refractivity contribution in [3.05, 3.63) is 87.5 Å². The van der Waals surface area contributed by atoms with Crippen LogP contribution in [0, 0.1) is 0 Å². The summed E-state index contributed by atoms with van der Waals surface area (Å²) in [5.74, 6) is 1.16. The highest BCUT2D eigenvalue weighted by atomic mass is 35.5. The molecule has 35 heavy (non-hydrogen) atoms. The highest BCUT2D eigenvalue weighted by Gasteiger charge is 2.23. The fourth-order valence-electron chi connectivity index (χ4n) is 3.95. The molecular weight excluding hydrogens is 485 g/mol. The van der Waals surface area contributed by atoms with Crippen LogP contribution in [-0.2, 0) is 17.9 Å². The minimum Gasteiger partial charge on any atom is -0.489 e. The van der Waals surface area contributed by atoms with Crippen LogP contribution in [0.5, 0.6) is 5.75 Å². The smallest absolute Gasteiger partial charge is 0.342 e. The van der Waals surface area contributed by atoms with Crippen LogP contribution in [0.15, 0.2) is 60.8 Å². The molecule has 0 spiro atoms. The molecule has 8 heteroatoms. The molecule has 0 aliphatic carbocycles. The van der Waals surface area contributed by atoms with E-state index >= 15 is 0 Å². The second-order valence-electron chi connectivity index (χ2n) is 8.76. The Morgan fingerprint density at radius 2 is 1.77 bits per heavy atom. The van der Waals surface area contributed by atoms with Gasteiger partial charge in [-0.1, -0.05) is 41.4 Å². The summed E-state index contributed by atoms with van der Waals surface area (Å²) in [6, 6.07) is 17.1. The Morgan fingerprint density at radius 3 is 2.46 bits per heavy atom. The molecule has 0 radical (unpaired) electrons. The molecule has 1 saturated heterocycles. The molecule has 1 aliphatic rings. The van der Waals surface area contributed by atoms with Gasteiger partial charge in [0.15, 0.2) is 0 Å². The maximum atomic E-state index is 12.5. The fourth-order valence-corrected chi connectivity index (χ4v) is 4.42. The lowest BCUT2D eigenvalue weighted by Gasteiger charge is -2.36. The van der Waals surface area contributed by atoms with Gasteiger partial charge in [0.05, 0.1) is 6.10 Å². The molecule has 0 atom stereocenters. The van der Waals surface area contributed by atoms with Crippen LogP contribution in [0.3, 0.4) is 0 Å². The first-order valence-electron chi connectivity index (χ1n) is 11.7. The predicted octanol–water partition coefficient (Wildman–Crippen LogP) is 5.85. The second-order valence-corrected chi connectivity index (χ2v) is 9.60. The van der Waals surface area contributed by atoms with E-state index in [9.17, 15) is 4.79 Å². The number of nitrogens with zero attached hydrogens (tertiary/aromatic N) is 3. The Kier molecular flexibility index (Phi) is 8.50. The third-order valence-corrected chi connectivity index (χ3v) is 6.35. The van der Waals surface area contributed by atoms with E-state index < -0.39 is 0 Å². The Hall–Kier alpha value is -2.80. The fraction of sp³-hybridized carbons (Fsp3) is 0.333. The van der Waals surface area contributed by atoms with Gasteiger partial charge in [0.1, 0.15) is 23.7 Å². The molecule has 1 fully saturated rings. The monoisotopic (exact) mass is 513 g/mol. The lowest BCUT2D eigenvalue weighted by atomic mass is 10.1. The van der Waals surface area contributed by atoms with E-state index in [-0.39, 0.29) is 12.1 Å². The lowest BCUT2D eigenvalue weighted by Crippen LogP contribution is -2.46. The number of ether oxygens (including phenoxy) is 2. The summed E-state index contributed by atoms with van der Waals surface area (Å²) in [4.78, 5) is 21.5. The van der Waals surface area contributed by atoms with Gasteiger partial charge in [0, 0.05) is 54.5 Å². The van der Waals surface area contributed by atoms with Gasteiger partial charge in [-0.15, -0.1) is 0 Å². The van der Waals surface area contributed by atoms with Gasteiger partial charge < -0.3 is 14.4 Å². The Balaban J connectivity index is 1.29. The molecule has 1 aliphatic heterocycles. The quantitative estimate of drug-likeness (QED) is 0.352. The molecule has 0 unspecified atom stereocenters. The van der Waals surface area contributed by atoms with Crippen LogP contribution in [0.1, 0.15) is 35.3 Å². The van der Waals surface area contributed by atoms with E-state index in [0.29, 0.717) is 28.0 Å². The normalized spacial score (nSPS) is 14.3.